The van der Waals surface area contributed by atoms with E-state index in [1.54, 1.807) is 30.3 Å². The third-order valence-electron chi connectivity index (χ3n) is 4.76. The highest BCUT2D eigenvalue weighted by atomic mass is 32.2. The zero-order chi connectivity index (χ0) is 21.7. The number of nitrogens with one attached hydrogen (secondary N) is 1. The Morgan fingerprint density at radius 3 is 2.53 bits per heavy atom. The molecule has 3 rings (SSSR count). The average Bonchev–Trinajstić information content (AvgIpc) is 3.26. The molecule has 162 valence electrons. The van der Waals surface area contributed by atoms with Crippen molar-refractivity contribution in [2.75, 3.05) is 39.7 Å². The summed E-state index contributed by atoms with van der Waals surface area (Å²) >= 11 is 0. The summed E-state index contributed by atoms with van der Waals surface area (Å²) in [4.78, 5) is 12.6. The summed E-state index contributed by atoms with van der Waals surface area (Å²) in [6, 6.07) is 11.2. The molecule has 1 saturated heterocycles. The van der Waals surface area contributed by atoms with Crippen molar-refractivity contribution in [2.24, 2.45) is 0 Å². The summed E-state index contributed by atoms with van der Waals surface area (Å²) in [6.45, 7) is 1.26. The molecule has 0 bridgehead atoms. The first kappa shape index (κ1) is 22.1. The number of amides is 1. The molecule has 0 saturated carbocycles. The number of benzene rings is 2. The van der Waals surface area contributed by atoms with Gasteiger partial charge in [-0.25, -0.2) is 12.7 Å². The van der Waals surface area contributed by atoms with Gasteiger partial charge in [-0.05, 0) is 55.3 Å². The van der Waals surface area contributed by atoms with Crippen molar-refractivity contribution in [1.29, 1.82) is 0 Å². The van der Waals surface area contributed by atoms with Crippen LogP contribution in [0.25, 0.3) is 0 Å². The Bertz CT molecular complexity index is 983. The molecule has 0 spiro atoms. The van der Waals surface area contributed by atoms with E-state index in [4.69, 9.17) is 14.2 Å². The standard InChI is InChI=1S/C21H26N2O6S/c1-23(2)30(25,26)20-13-16(8-11-19(20)27-3)22-21(24)15-6-9-17(10-7-15)29-14-18-5-4-12-28-18/h6-11,13,18H,4-5,12,14H2,1-3H3,(H,22,24)/t18-/m0/s1. The monoisotopic (exact) mass is 434 g/mol. The van der Waals surface area contributed by atoms with Crippen LogP contribution >= 0.6 is 0 Å². The highest BCUT2D eigenvalue weighted by Gasteiger charge is 2.23. The number of nitrogens with zero attached hydrogens (tertiary/aromatic N) is 1. The van der Waals surface area contributed by atoms with E-state index < -0.39 is 10.0 Å². The number of carbonyl (C=O) groups is 1. The van der Waals surface area contributed by atoms with Gasteiger partial charge in [-0.3, -0.25) is 4.79 Å². The lowest BCUT2D eigenvalue weighted by molar-refractivity contribution is 0.0679. The van der Waals surface area contributed by atoms with E-state index in [1.165, 1.54) is 33.3 Å². The largest absolute Gasteiger partial charge is 0.495 e. The first-order valence-corrected chi connectivity index (χ1v) is 11.0. The fraction of sp³-hybridized carbons (Fsp3) is 0.381. The predicted octanol–water partition coefficient (Wildman–Crippen LogP) is 2.76. The third-order valence-corrected chi connectivity index (χ3v) is 6.59. The van der Waals surface area contributed by atoms with Crippen LogP contribution in [0.1, 0.15) is 23.2 Å². The topological polar surface area (TPSA) is 94.2 Å². The van der Waals surface area contributed by atoms with Crippen molar-refractivity contribution in [3.63, 3.8) is 0 Å². The van der Waals surface area contributed by atoms with Crippen LogP contribution in [0.3, 0.4) is 0 Å². The van der Waals surface area contributed by atoms with Gasteiger partial charge in [0.15, 0.2) is 0 Å². The second-order valence-electron chi connectivity index (χ2n) is 7.08. The molecule has 1 fully saturated rings. The molecule has 1 N–H and O–H groups in total. The minimum Gasteiger partial charge on any atom is -0.495 e. The van der Waals surface area contributed by atoms with Crippen molar-refractivity contribution >= 4 is 21.6 Å². The summed E-state index contributed by atoms with van der Waals surface area (Å²) in [6.07, 6.45) is 2.17. The molecular weight excluding hydrogens is 408 g/mol. The minimum atomic E-state index is -3.73. The molecule has 2 aromatic carbocycles. The number of sulfonamides is 1. The molecule has 0 aromatic heterocycles. The fourth-order valence-corrected chi connectivity index (χ4v) is 4.10. The minimum absolute atomic E-state index is 0.0225. The maximum Gasteiger partial charge on any atom is 0.255 e. The van der Waals surface area contributed by atoms with Crippen molar-refractivity contribution in [2.45, 2.75) is 23.8 Å². The Hall–Kier alpha value is -2.62. The number of anilines is 1. The van der Waals surface area contributed by atoms with E-state index in [9.17, 15) is 13.2 Å². The van der Waals surface area contributed by atoms with E-state index in [0.29, 0.717) is 23.6 Å². The van der Waals surface area contributed by atoms with E-state index in [-0.39, 0.29) is 22.7 Å². The molecule has 0 aliphatic carbocycles. The molecule has 2 aromatic rings. The van der Waals surface area contributed by atoms with Crippen LogP contribution in [0.4, 0.5) is 5.69 Å². The van der Waals surface area contributed by atoms with Gasteiger partial charge in [0.2, 0.25) is 10.0 Å². The molecule has 1 aliphatic heterocycles. The summed E-state index contributed by atoms with van der Waals surface area (Å²) in [7, 11) is 0.528. The van der Waals surface area contributed by atoms with Crippen LogP contribution in [-0.2, 0) is 14.8 Å². The van der Waals surface area contributed by atoms with Crippen molar-refractivity contribution < 1.29 is 27.4 Å². The molecule has 1 heterocycles. The lowest BCUT2D eigenvalue weighted by Crippen LogP contribution is -2.23. The molecule has 8 nitrogen and oxygen atoms in total. The highest BCUT2D eigenvalue weighted by molar-refractivity contribution is 7.89. The second kappa shape index (κ2) is 9.46. The zero-order valence-corrected chi connectivity index (χ0v) is 18.1. The molecule has 1 atom stereocenters. The molecular formula is C21H26N2O6S. The van der Waals surface area contributed by atoms with Gasteiger partial charge in [0.05, 0.1) is 13.2 Å². The van der Waals surface area contributed by atoms with E-state index in [1.807, 2.05) is 0 Å². The van der Waals surface area contributed by atoms with Crippen molar-refractivity contribution in [3.8, 4) is 11.5 Å². The highest BCUT2D eigenvalue weighted by Crippen LogP contribution is 2.29. The van der Waals surface area contributed by atoms with Gasteiger partial charge in [-0.1, -0.05) is 0 Å². The lowest BCUT2D eigenvalue weighted by Gasteiger charge is -2.16. The van der Waals surface area contributed by atoms with Gasteiger partial charge in [-0.2, -0.15) is 0 Å². The Morgan fingerprint density at radius 1 is 1.20 bits per heavy atom. The van der Waals surface area contributed by atoms with Gasteiger partial charge in [0.1, 0.15) is 23.0 Å². The van der Waals surface area contributed by atoms with Crippen molar-refractivity contribution in [3.05, 3.63) is 48.0 Å². The first-order valence-electron chi connectivity index (χ1n) is 9.57. The number of hydrogen-bond donors (Lipinski definition) is 1. The van der Waals surface area contributed by atoms with Crippen LogP contribution in [0.15, 0.2) is 47.4 Å². The Kier molecular flexibility index (Phi) is 6.96. The normalized spacial score (nSPS) is 16.5. The molecule has 1 amide bonds. The average molecular weight is 435 g/mol. The van der Waals surface area contributed by atoms with Crippen LogP contribution in [0, 0.1) is 0 Å². The molecule has 1 aliphatic rings. The van der Waals surface area contributed by atoms with E-state index >= 15 is 0 Å². The predicted molar refractivity (Wildman–Crippen MR) is 113 cm³/mol. The fourth-order valence-electron chi connectivity index (χ4n) is 3.02. The van der Waals surface area contributed by atoms with Gasteiger partial charge >= 0.3 is 0 Å². The van der Waals surface area contributed by atoms with Crippen LogP contribution in [-0.4, -0.2) is 59.2 Å². The number of rotatable bonds is 8. The summed E-state index contributed by atoms with van der Waals surface area (Å²) in [5.41, 5.74) is 0.771. The molecule has 0 unspecified atom stereocenters. The van der Waals surface area contributed by atoms with Gasteiger partial charge in [0, 0.05) is 32.0 Å². The van der Waals surface area contributed by atoms with Gasteiger partial charge in [-0.15, -0.1) is 0 Å². The van der Waals surface area contributed by atoms with E-state index in [0.717, 1.165) is 23.8 Å². The second-order valence-corrected chi connectivity index (χ2v) is 9.20. The summed E-state index contributed by atoms with van der Waals surface area (Å²) < 4.78 is 42.5. The zero-order valence-electron chi connectivity index (χ0n) is 17.3. The Morgan fingerprint density at radius 2 is 1.93 bits per heavy atom. The SMILES string of the molecule is COc1ccc(NC(=O)c2ccc(OC[C@@H]3CCCO3)cc2)cc1S(=O)(=O)N(C)C. The maximum atomic E-state index is 12.6. The maximum absolute atomic E-state index is 12.6. The smallest absolute Gasteiger partial charge is 0.255 e. The number of hydrogen-bond acceptors (Lipinski definition) is 6. The molecule has 0 radical (unpaired) electrons. The lowest BCUT2D eigenvalue weighted by atomic mass is 10.2. The van der Waals surface area contributed by atoms with Crippen LogP contribution in [0.5, 0.6) is 11.5 Å². The summed E-state index contributed by atoms with van der Waals surface area (Å²) in [5, 5.41) is 2.72. The molecule has 9 heteroatoms. The van der Waals surface area contributed by atoms with Gasteiger partial charge < -0.3 is 19.5 Å². The van der Waals surface area contributed by atoms with Gasteiger partial charge in [0.25, 0.3) is 5.91 Å². The number of carbonyl (C=O) groups excluding carboxylic acids is 1. The number of ether oxygens (including phenoxy) is 3. The van der Waals surface area contributed by atoms with Crippen LogP contribution < -0.4 is 14.8 Å². The Labute approximate surface area is 176 Å². The van der Waals surface area contributed by atoms with E-state index in [2.05, 4.69) is 5.32 Å². The quantitative estimate of drug-likeness (QED) is 0.687. The first-order chi connectivity index (χ1) is 14.3. The third kappa shape index (κ3) is 5.10. The van der Waals surface area contributed by atoms with Crippen molar-refractivity contribution in [1.82, 2.24) is 4.31 Å². The number of methoxy groups -OCH3 is 1. The summed E-state index contributed by atoms with van der Waals surface area (Å²) in [5.74, 6) is 0.499. The van der Waals surface area contributed by atoms with Crippen LogP contribution in [0.2, 0.25) is 0 Å². The molecule has 30 heavy (non-hydrogen) atoms. The Balaban J connectivity index is 1.69.